The van der Waals surface area contributed by atoms with E-state index in [9.17, 15) is 4.79 Å². The van der Waals surface area contributed by atoms with E-state index in [1.165, 1.54) is 31.0 Å². The molecule has 2 aromatic carbocycles. The van der Waals surface area contributed by atoms with E-state index >= 15 is 0 Å². The predicted molar refractivity (Wildman–Crippen MR) is 133 cm³/mol. The highest BCUT2D eigenvalue weighted by Gasteiger charge is 2.24. The van der Waals surface area contributed by atoms with Crippen molar-refractivity contribution in [3.8, 4) is 11.4 Å². The second kappa shape index (κ2) is 11.1. The van der Waals surface area contributed by atoms with Crippen molar-refractivity contribution < 1.29 is 4.79 Å². The lowest BCUT2D eigenvalue weighted by molar-refractivity contribution is -0.118. The monoisotopic (exact) mass is 531 g/mol. The minimum atomic E-state index is -0.188. The Morgan fingerprint density at radius 3 is 2.72 bits per heavy atom. The van der Waals surface area contributed by atoms with Gasteiger partial charge in [-0.3, -0.25) is 9.36 Å². The number of carbonyl (C=O) groups excluding carboxylic acids is 1. The molecule has 1 N–H and O–H groups in total. The number of amides is 1. The molecule has 32 heavy (non-hydrogen) atoms. The van der Waals surface area contributed by atoms with Gasteiger partial charge in [-0.05, 0) is 54.8 Å². The molecular formula is C23H23BrClN5OS. The maximum atomic E-state index is 12.3. The normalized spacial score (nSPS) is 14.7. The van der Waals surface area contributed by atoms with Crippen molar-refractivity contribution in [1.82, 2.24) is 20.2 Å². The summed E-state index contributed by atoms with van der Waals surface area (Å²) < 4.78 is 3.16. The summed E-state index contributed by atoms with van der Waals surface area (Å²) in [6.07, 6.45) is 7.45. The molecule has 1 heterocycles. The number of nitrogens with one attached hydrogen (secondary N) is 1. The lowest BCUT2D eigenvalue weighted by Crippen LogP contribution is -2.20. The molecule has 0 aliphatic heterocycles. The fourth-order valence-corrected chi connectivity index (χ4v) is 5.11. The van der Waals surface area contributed by atoms with Crippen LogP contribution in [0.3, 0.4) is 0 Å². The first-order chi connectivity index (χ1) is 15.6. The number of carbonyl (C=O) groups is 1. The molecule has 166 valence electrons. The quantitative estimate of drug-likeness (QED) is 0.226. The largest absolute Gasteiger partial charge is 0.299 e. The van der Waals surface area contributed by atoms with Crippen LogP contribution in [0.5, 0.6) is 0 Å². The van der Waals surface area contributed by atoms with Gasteiger partial charge < -0.3 is 0 Å². The number of halogens is 2. The molecule has 1 aliphatic rings. The van der Waals surface area contributed by atoms with Gasteiger partial charge in [-0.2, -0.15) is 5.10 Å². The van der Waals surface area contributed by atoms with Crippen molar-refractivity contribution in [2.75, 3.05) is 5.75 Å². The molecule has 9 heteroatoms. The molecule has 0 radical (unpaired) electrons. The molecule has 6 nitrogen and oxygen atoms in total. The second-order valence-electron chi connectivity index (χ2n) is 7.61. The van der Waals surface area contributed by atoms with Crippen LogP contribution in [0.4, 0.5) is 0 Å². The van der Waals surface area contributed by atoms with Crippen molar-refractivity contribution in [3.05, 3.63) is 63.6 Å². The third kappa shape index (κ3) is 5.99. The van der Waals surface area contributed by atoms with Crippen LogP contribution in [-0.2, 0) is 4.79 Å². The number of rotatable bonds is 7. The summed E-state index contributed by atoms with van der Waals surface area (Å²) in [5.41, 5.74) is 4.46. The molecule has 0 saturated heterocycles. The third-order valence-electron chi connectivity index (χ3n) is 5.29. The van der Waals surface area contributed by atoms with Crippen molar-refractivity contribution in [1.29, 1.82) is 0 Å². The minimum absolute atomic E-state index is 0.188. The molecule has 1 aromatic heterocycles. The number of thioether (sulfide) groups is 1. The number of benzene rings is 2. The first kappa shape index (κ1) is 23.0. The average molecular weight is 533 g/mol. The molecule has 0 unspecified atom stereocenters. The Balaban J connectivity index is 1.45. The van der Waals surface area contributed by atoms with Crippen molar-refractivity contribution in [3.63, 3.8) is 0 Å². The van der Waals surface area contributed by atoms with Gasteiger partial charge in [0.2, 0.25) is 0 Å². The Hall–Kier alpha value is -2.16. The van der Waals surface area contributed by atoms with Gasteiger partial charge in [0.15, 0.2) is 11.0 Å². The summed E-state index contributed by atoms with van der Waals surface area (Å²) in [5.74, 6) is 0.845. The fraction of sp³-hybridized carbons (Fsp3) is 0.304. The number of nitrogens with zero attached hydrogens (tertiary/aromatic N) is 4. The van der Waals surface area contributed by atoms with Crippen LogP contribution in [0.2, 0.25) is 5.02 Å². The Morgan fingerprint density at radius 1 is 1.19 bits per heavy atom. The van der Waals surface area contributed by atoms with Crippen molar-refractivity contribution in [2.24, 2.45) is 5.10 Å². The molecule has 0 spiro atoms. The Bertz CT molecular complexity index is 1100. The van der Waals surface area contributed by atoms with E-state index in [4.69, 9.17) is 11.6 Å². The lowest BCUT2D eigenvalue weighted by atomic mass is 9.95. The molecule has 1 fully saturated rings. The summed E-state index contributed by atoms with van der Waals surface area (Å²) in [6, 6.07) is 15.7. The highest BCUT2D eigenvalue weighted by molar-refractivity contribution is 9.10. The van der Waals surface area contributed by atoms with Crippen LogP contribution in [0.1, 0.15) is 43.7 Å². The van der Waals surface area contributed by atoms with Gasteiger partial charge >= 0.3 is 0 Å². The zero-order valence-electron chi connectivity index (χ0n) is 17.4. The summed E-state index contributed by atoms with van der Waals surface area (Å²) in [4.78, 5) is 12.3. The second-order valence-corrected chi connectivity index (χ2v) is 9.91. The van der Waals surface area contributed by atoms with Gasteiger partial charge in [0.05, 0.1) is 12.0 Å². The lowest BCUT2D eigenvalue weighted by Gasteiger charge is -2.25. The predicted octanol–water partition coefficient (Wildman–Crippen LogP) is 6.11. The zero-order chi connectivity index (χ0) is 22.3. The van der Waals surface area contributed by atoms with E-state index in [2.05, 4.69) is 41.2 Å². The maximum Gasteiger partial charge on any atom is 0.250 e. The van der Waals surface area contributed by atoms with Gasteiger partial charge in [0.25, 0.3) is 5.91 Å². The molecule has 0 bridgehead atoms. The summed E-state index contributed by atoms with van der Waals surface area (Å²) in [6.45, 7) is 0. The molecule has 3 aromatic rings. The van der Waals surface area contributed by atoms with E-state index in [-0.39, 0.29) is 11.7 Å². The van der Waals surface area contributed by atoms with Gasteiger partial charge in [-0.25, -0.2) is 5.43 Å². The molecular weight excluding hydrogens is 510 g/mol. The van der Waals surface area contributed by atoms with Crippen LogP contribution >= 0.6 is 39.3 Å². The standard InChI is InChI=1S/C23H23BrClN5OS/c24-18-6-4-5-16(13-18)14-26-27-21(31)15-32-23-29-28-22(17-9-11-19(25)12-10-17)30(23)20-7-2-1-3-8-20/h4-6,9-14,20H,1-3,7-8,15H2,(H,27,31)/b26-14-. The van der Waals surface area contributed by atoms with Crippen LogP contribution in [-0.4, -0.2) is 32.6 Å². The molecule has 1 saturated carbocycles. The summed E-state index contributed by atoms with van der Waals surface area (Å²) >= 11 is 10.9. The average Bonchev–Trinajstić information content (AvgIpc) is 3.23. The number of hydrogen-bond donors (Lipinski definition) is 1. The van der Waals surface area contributed by atoms with Gasteiger partial charge in [0, 0.05) is 21.1 Å². The highest BCUT2D eigenvalue weighted by Crippen LogP contribution is 2.35. The third-order valence-corrected chi connectivity index (χ3v) is 6.98. The van der Waals surface area contributed by atoms with Crippen LogP contribution in [0.25, 0.3) is 11.4 Å². The first-order valence-electron chi connectivity index (χ1n) is 10.5. The first-order valence-corrected chi connectivity index (χ1v) is 12.7. The topological polar surface area (TPSA) is 72.2 Å². The van der Waals surface area contributed by atoms with E-state index in [1.807, 2.05) is 48.5 Å². The Kier molecular flexibility index (Phi) is 8.00. The van der Waals surface area contributed by atoms with Gasteiger partial charge in [-0.15, -0.1) is 10.2 Å². The number of hydrogen-bond acceptors (Lipinski definition) is 5. The molecule has 1 amide bonds. The summed E-state index contributed by atoms with van der Waals surface area (Å²) in [5, 5.41) is 14.4. The summed E-state index contributed by atoms with van der Waals surface area (Å²) in [7, 11) is 0. The van der Waals surface area contributed by atoms with E-state index in [0.29, 0.717) is 11.1 Å². The fourth-order valence-electron chi connectivity index (χ4n) is 3.77. The van der Waals surface area contributed by atoms with Gasteiger partial charge in [-0.1, -0.05) is 70.7 Å². The SMILES string of the molecule is O=C(CSc1nnc(-c2ccc(Cl)cc2)n1C1CCCCC1)N/N=C\c1cccc(Br)c1. The van der Waals surface area contributed by atoms with E-state index < -0.39 is 0 Å². The smallest absolute Gasteiger partial charge is 0.250 e. The zero-order valence-corrected chi connectivity index (χ0v) is 20.5. The highest BCUT2D eigenvalue weighted by atomic mass is 79.9. The Labute approximate surface area is 205 Å². The van der Waals surface area contributed by atoms with Crippen molar-refractivity contribution >= 4 is 51.4 Å². The molecule has 1 aliphatic carbocycles. The van der Waals surface area contributed by atoms with Crippen molar-refractivity contribution in [2.45, 2.75) is 43.3 Å². The van der Waals surface area contributed by atoms with Gasteiger partial charge in [0.1, 0.15) is 0 Å². The number of hydrazone groups is 1. The molecule has 4 rings (SSSR count). The molecule has 0 atom stereocenters. The number of aromatic nitrogens is 3. The van der Waals surface area contributed by atoms with Crippen LogP contribution in [0.15, 0.2) is 63.3 Å². The minimum Gasteiger partial charge on any atom is -0.299 e. The van der Waals surface area contributed by atoms with Crippen LogP contribution in [0, 0.1) is 0 Å². The van der Waals surface area contributed by atoms with Crippen LogP contribution < -0.4 is 5.43 Å². The maximum absolute atomic E-state index is 12.3. The Morgan fingerprint density at radius 2 is 1.97 bits per heavy atom. The van der Waals surface area contributed by atoms with E-state index in [0.717, 1.165) is 39.4 Å². The van der Waals surface area contributed by atoms with E-state index in [1.54, 1.807) is 6.21 Å².